The second-order valence-corrected chi connectivity index (χ2v) is 21.5. The van der Waals surface area contributed by atoms with Crippen molar-refractivity contribution >= 4 is 62.3 Å². The van der Waals surface area contributed by atoms with E-state index in [4.69, 9.17) is 4.98 Å². The predicted molar refractivity (Wildman–Crippen MR) is 259 cm³/mol. The molecule has 71 heavy (non-hydrogen) atoms. The molecule has 21 heteroatoms. The van der Waals surface area contributed by atoms with Crippen LogP contribution in [0.1, 0.15) is 78.7 Å². The van der Waals surface area contributed by atoms with Gasteiger partial charge >= 0.3 is 16.2 Å². The maximum atomic E-state index is 16.1. The number of nitrogens with zero attached hydrogens (tertiary/aromatic N) is 7. The van der Waals surface area contributed by atoms with Crippen LogP contribution < -0.4 is 30.1 Å². The zero-order chi connectivity index (χ0) is 50.1. The number of piperazine rings is 1. The molecule has 0 spiro atoms. The van der Waals surface area contributed by atoms with E-state index in [1.54, 1.807) is 35.5 Å². The number of urea groups is 1. The maximum Gasteiger partial charge on any atom is 0.328 e. The molecule has 4 aliphatic heterocycles. The average Bonchev–Trinajstić information content (AvgIpc) is 4.29. The van der Waals surface area contributed by atoms with Crippen molar-refractivity contribution in [2.45, 2.75) is 70.1 Å². The van der Waals surface area contributed by atoms with E-state index in [1.807, 2.05) is 24.0 Å². The van der Waals surface area contributed by atoms with Crippen molar-refractivity contribution in [1.29, 1.82) is 0 Å². The number of anilines is 4. The van der Waals surface area contributed by atoms with Gasteiger partial charge in [-0.1, -0.05) is 13.0 Å². The summed E-state index contributed by atoms with van der Waals surface area (Å²) in [5.74, 6) is -2.91. The lowest BCUT2D eigenvalue weighted by atomic mass is 9.87. The molecule has 6 heterocycles. The Kier molecular flexibility index (Phi) is 12.7. The normalized spacial score (nSPS) is 22.7. The molecule has 4 amide bonds. The first kappa shape index (κ1) is 48.2. The van der Waals surface area contributed by atoms with Crippen molar-refractivity contribution < 1.29 is 45.9 Å². The molecular formula is C50H55F3N10O7S. The zero-order valence-corrected chi connectivity index (χ0v) is 40.4. The molecule has 4 saturated heterocycles. The van der Waals surface area contributed by atoms with Gasteiger partial charge in [0.05, 0.1) is 40.7 Å². The summed E-state index contributed by atoms with van der Waals surface area (Å²) < 4.78 is 76.5. The third kappa shape index (κ3) is 9.71. The van der Waals surface area contributed by atoms with Crippen LogP contribution >= 0.6 is 0 Å². The highest BCUT2D eigenvalue weighted by Crippen LogP contribution is 2.44. The van der Waals surface area contributed by atoms with Gasteiger partial charge < -0.3 is 19.8 Å². The molecule has 4 atom stereocenters. The van der Waals surface area contributed by atoms with E-state index in [0.717, 1.165) is 28.4 Å². The molecule has 1 saturated carbocycles. The number of Topliss-reactive ketones (excluding diaryl/α,β-unsaturated/α-hetero) is 1. The molecule has 4 aromatic rings. The number of nitrogens with one attached hydrogen (secondary N) is 3. The highest BCUT2D eigenvalue weighted by Gasteiger charge is 2.45. The minimum atomic E-state index is -4.21. The Labute approximate surface area is 409 Å². The van der Waals surface area contributed by atoms with E-state index in [1.165, 1.54) is 18.0 Å². The fourth-order valence-electron chi connectivity index (χ4n) is 10.2. The van der Waals surface area contributed by atoms with Crippen LogP contribution in [0.25, 0.3) is 16.7 Å². The number of aliphatic hydroxyl groups is 1. The Balaban J connectivity index is 0.749. The Hall–Kier alpha value is -6.42. The highest BCUT2D eigenvalue weighted by atomic mass is 32.2. The number of imide groups is 1. The number of halogens is 3. The van der Waals surface area contributed by atoms with Crippen LogP contribution in [0, 0.1) is 36.2 Å². The topological polar surface area (TPSA) is 211 Å². The summed E-state index contributed by atoms with van der Waals surface area (Å²) >= 11 is 0. The summed E-state index contributed by atoms with van der Waals surface area (Å²) in [4.78, 5) is 68.0. The van der Waals surface area contributed by atoms with E-state index in [2.05, 4.69) is 32.2 Å². The van der Waals surface area contributed by atoms with Gasteiger partial charge in [-0.2, -0.15) is 12.7 Å². The average molecular weight is 997 g/mol. The summed E-state index contributed by atoms with van der Waals surface area (Å²) in [6.07, 6.45) is 7.26. The quantitative estimate of drug-likeness (QED) is 0.0936. The van der Waals surface area contributed by atoms with E-state index < -0.39 is 62.2 Å². The molecule has 17 nitrogen and oxygen atoms in total. The number of allylic oxidation sites excluding steroid dienone is 1. The number of rotatable bonds is 14. The summed E-state index contributed by atoms with van der Waals surface area (Å²) in [5, 5.41) is 17.0. The second kappa shape index (κ2) is 18.6. The zero-order valence-electron chi connectivity index (χ0n) is 39.6. The number of pyridine rings is 2. The highest BCUT2D eigenvalue weighted by molar-refractivity contribution is 7.90. The number of carbonyl (C=O) groups is 4. The van der Waals surface area contributed by atoms with Gasteiger partial charge in [-0.05, 0) is 92.5 Å². The summed E-state index contributed by atoms with van der Waals surface area (Å²) in [6, 6.07) is 9.13. The van der Waals surface area contributed by atoms with Gasteiger partial charge in [0.25, 0.3) is 0 Å². The van der Waals surface area contributed by atoms with Crippen molar-refractivity contribution in [3.05, 3.63) is 101 Å². The Morgan fingerprint density at radius 1 is 0.915 bits per heavy atom. The van der Waals surface area contributed by atoms with Crippen molar-refractivity contribution in [3.8, 4) is 11.1 Å². The fourth-order valence-corrected chi connectivity index (χ4v) is 11.2. The molecule has 2 aromatic heterocycles. The smallest absolute Gasteiger partial charge is 0.328 e. The number of piperidine rings is 1. The van der Waals surface area contributed by atoms with Crippen molar-refractivity contribution in [3.63, 3.8) is 0 Å². The molecule has 0 bridgehead atoms. The van der Waals surface area contributed by atoms with Gasteiger partial charge in [0.2, 0.25) is 11.8 Å². The molecule has 10 rings (SSSR count). The number of fused-ring (bicyclic) bond motifs is 3. The van der Waals surface area contributed by atoms with Crippen LogP contribution in [0.15, 0.2) is 60.9 Å². The maximum absolute atomic E-state index is 16.1. The minimum Gasteiger partial charge on any atom is -0.389 e. The van der Waals surface area contributed by atoms with Crippen LogP contribution in [-0.4, -0.2) is 127 Å². The molecule has 374 valence electrons. The van der Waals surface area contributed by atoms with Crippen molar-refractivity contribution in [2.75, 3.05) is 78.8 Å². The first-order chi connectivity index (χ1) is 33.9. The third-order valence-corrected chi connectivity index (χ3v) is 16.4. The monoisotopic (exact) mass is 996 g/mol. The number of hydrogen-bond acceptors (Lipinski definition) is 12. The molecule has 4 N–H and O–H groups in total. The number of benzene rings is 2. The molecule has 5 fully saturated rings. The largest absolute Gasteiger partial charge is 0.389 e. The number of ketones is 1. The van der Waals surface area contributed by atoms with Gasteiger partial charge in [0, 0.05) is 112 Å². The minimum absolute atomic E-state index is 0.0321. The third-order valence-electron chi connectivity index (χ3n) is 14.9. The van der Waals surface area contributed by atoms with Gasteiger partial charge in [0.15, 0.2) is 11.6 Å². The van der Waals surface area contributed by atoms with Crippen molar-refractivity contribution in [1.82, 2.24) is 29.8 Å². The lowest BCUT2D eigenvalue weighted by Gasteiger charge is -2.41. The molecule has 0 radical (unpaired) electrons. The van der Waals surface area contributed by atoms with Gasteiger partial charge in [-0.3, -0.25) is 39.6 Å². The summed E-state index contributed by atoms with van der Waals surface area (Å²) in [7, 11) is -2.82. The van der Waals surface area contributed by atoms with E-state index in [-0.39, 0.29) is 55.2 Å². The number of amides is 4. The molecule has 6 aliphatic rings. The molecule has 2 aliphatic carbocycles. The first-order valence-electron chi connectivity index (χ1n) is 24.0. The Morgan fingerprint density at radius 3 is 2.34 bits per heavy atom. The standard InChI is InChI=1S/C50H55F3N10O7S/c1-28-20-30(28)8-12-59(3)71(69,70)58-37-6-5-35(51)44(45(37)53)48(66)34-23-38-47(56-38)46-33(34)22-32(27-55-46)31-4-7-41(54-26-31)61-16-18-62(19-17-61)43(65)25-50(68)10-14-60(15-11-50)39-24-36(52)40(21-29(39)2)63-13-9-42(64)57-49(63)67/h4-7,21-24,26-28,30,38,47,56,58,68H,8-20,25H2,1-3H3,(H,57,64,67)/t28?,30-,38-,47?/m0/s1. The first-order valence-corrected chi connectivity index (χ1v) is 25.4. The van der Waals surface area contributed by atoms with E-state index >= 15 is 13.2 Å². The lowest BCUT2D eigenvalue weighted by molar-refractivity contribution is -0.137. The molecule has 2 unspecified atom stereocenters. The predicted octanol–water partition coefficient (Wildman–Crippen LogP) is 5.31. The number of carbonyl (C=O) groups excluding carboxylic acids is 4. The van der Waals surface area contributed by atoms with E-state index in [9.17, 15) is 32.7 Å². The second-order valence-electron chi connectivity index (χ2n) is 19.7. The molecular weight excluding hydrogens is 942 g/mol. The summed E-state index contributed by atoms with van der Waals surface area (Å²) in [6.45, 7) is 6.84. The van der Waals surface area contributed by atoms with Crippen LogP contribution in [0.4, 0.5) is 40.8 Å². The summed E-state index contributed by atoms with van der Waals surface area (Å²) in [5.41, 5.74) is 1.05. The van der Waals surface area contributed by atoms with Crippen LogP contribution in [-0.2, 0) is 19.8 Å². The fraction of sp³-hybridized carbons (Fsp3) is 0.440. The van der Waals surface area contributed by atoms with Crippen LogP contribution in [0.5, 0.6) is 0 Å². The van der Waals surface area contributed by atoms with Gasteiger partial charge in [0.1, 0.15) is 17.5 Å². The Bertz CT molecular complexity index is 2980. The number of aryl methyl sites for hydroxylation is 1. The van der Waals surface area contributed by atoms with Crippen LogP contribution in [0.2, 0.25) is 0 Å². The van der Waals surface area contributed by atoms with Crippen LogP contribution in [0.3, 0.4) is 0 Å². The SMILES string of the molecule is Cc1cc(N2CCC(=O)NC2=O)c(F)cc1N1CCC(O)(CC(=O)N2CCN(c3ccc(-c4cnc5c(c4)C(C(=O)c4c(F)ccc(NS(=O)(=O)N(C)CC[C@H]6CC6C)c4F)=C[C@@H]4NC54)cn3)CC2)CC1. The lowest BCUT2D eigenvalue weighted by Crippen LogP contribution is -2.52. The number of hydrogen-bond donors (Lipinski definition) is 4. The molecule has 2 aromatic carbocycles. The van der Waals surface area contributed by atoms with Crippen molar-refractivity contribution in [2.24, 2.45) is 11.8 Å². The number of aromatic nitrogens is 2. The van der Waals surface area contributed by atoms with E-state index in [0.29, 0.717) is 104 Å². The van der Waals surface area contributed by atoms with Gasteiger partial charge in [-0.15, -0.1) is 0 Å². The van der Waals surface area contributed by atoms with Gasteiger partial charge in [-0.25, -0.2) is 22.9 Å². The Morgan fingerprint density at radius 2 is 1.65 bits per heavy atom.